The minimum Gasteiger partial charge on any atom is -0.392 e. The van der Waals surface area contributed by atoms with Crippen LogP contribution in [0.25, 0.3) is 10.9 Å². The number of pyridine rings is 1. The first-order chi connectivity index (χ1) is 6.29. The van der Waals surface area contributed by atoms with Crippen LogP contribution in [0.1, 0.15) is 5.56 Å². The summed E-state index contributed by atoms with van der Waals surface area (Å²) in [5.74, 6) is 0. The van der Waals surface area contributed by atoms with Gasteiger partial charge in [-0.3, -0.25) is 4.98 Å². The van der Waals surface area contributed by atoms with Gasteiger partial charge in [-0.1, -0.05) is 17.6 Å². The number of hydrogen-bond donors (Lipinski definition) is 1. The molecule has 0 fully saturated rings. The molecule has 62 valence electrons. The quantitative estimate of drug-likeness (QED) is 0.631. The molecular weight excluding hydrogens is 161 g/mol. The molecule has 1 aromatic heterocycles. The van der Waals surface area contributed by atoms with Gasteiger partial charge in [-0.2, -0.15) is 0 Å². The lowest BCUT2D eigenvalue weighted by Crippen LogP contribution is -2.02. The van der Waals surface area contributed by atoms with E-state index in [4.69, 9.17) is 13.0 Å². The van der Waals surface area contributed by atoms with Crippen LogP contribution in [0, 0.1) is 0 Å². The first kappa shape index (κ1) is 8.26. The normalized spacial score (nSPS) is 10.5. The molecule has 0 saturated heterocycles. The van der Waals surface area contributed by atoms with Crippen molar-refractivity contribution in [1.82, 2.24) is 4.98 Å². The van der Waals surface area contributed by atoms with Gasteiger partial charge >= 0.3 is 0 Å². The zero-order valence-electron chi connectivity index (χ0n) is 7.07. The molecule has 0 aliphatic carbocycles. The Labute approximate surface area is 77.6 Å². The van der Waals surface area contributed by atoms with Gasteiger partial charge in [0, 0.05) is 6.20 Å². The minimum atomic E-state index is 0.0464. The van der Waals surface area contributed by atoms with E-state index < -0.39 is 0 Å². The first-order valence-corrected chi connectivity index (χ1v) is 4.04. The van der Waals surface area contributed by atoms with Crippen molar-refractivity contribution < 1.29 is 5.11 Å². The van der Waals surface area contributed by atoms with Crippen molar-refractivity contribution in [3.8, 4) is 0 Å². The molecule has 0 unspecified atom stereocenters. The molecule has 0 amide bonds. The van der Waals surface area contributed by atoms with E-state index in [0.717, 1.165) is 16.5 Å². The van der Waals surface area contributed by atoms with E-state index >= 15 is 0 Å². The second-order valence-electron chi connectivity index (χ2n) is 2.95. The summed E-state index contributed by atoms with van der Waals surface area (Å²) in [6.07, 6.45) is 1.63. The molecule has 0 aliphatic rings. The van der Waals surface area contributed by atoms with Crippen molar-refractivity contribution >= 4 is 24.2 Å². The smallest absolute Gasteiger partial charge is 0.115 e. The van der Waals surface area contributed by atoms with Gasteiger partial charge in [-0.05, 0) is 23.1 Å². The average molecular weight is 169 g/mol. The maximum Gasteiger partial charge on any atom is 0.115 e. The maximum absolute atomic E-state index is 8.91. The molecule has 0 spiro atoms. The molecule has 2 radical (unpaired) electrons. The van der Waals surface area contributed by atoms with E-state index in [9.17, 15) is 0 Å². The fourth-order valence-electron chi connectivity index (χ4n) is 1.30. The van der Waals surface area contributed by atoms with E-state index in [-0.39, 0.29) is 6.61 Å². The van der Waals surface area contributed by atoms with Crippen molar-refractivity contribution in [3.05, 3.63) is 36.0 Å². The van der Waals surface area contributed by atoms with Gasteiger partial charge in [0.05, 0.1) is 12.1 Å². The van der Waals surface area contributed by atoms with Crippen LogP contribution in [0.3, 0.4) is 0 Å². The number of aliphatic hydroxyl groups excluding tert-OH is 1. The predicted octanol–water partition coefficient (Wildman–Crippen LogP) is 0.521. The molecule has 2 aromatic rings. The summed E-state index contributed by atoms with van der Waals surface area (Å²) < 4.78 is 0. The molecule has 2 nitrogen and oxygen atoms in total. The molecule has 3 heteroatoms. The lowest BCUT2D eigenvalue weighted by molar-refractivity contribution is 0.282. The van der Waals surface area contributed by atoms with Crippen LogP contribution >= 0.6 is 0 Å². The Balaban J connectivity index is 2.68. The lowest BCUT2D eigenvalue weighted by Gasteiger charge is -2.00. The topological polar surface area (TPSA) is 33.1 Å². The summed E-state index contributed by atoms with van der Waals surface area (Å²) >= 11 is 0. The summed E-state index contributed by atoms with van der Waals surface area (Å²) in [5.41, 5.74) is 2.41. The molecular formula is C10H8BNO. The highest BCUT2D eigenvalue weighted by molar-refractivity contribution is 6.32. The molecule has 0 aliphatic heterocycles. The largest absolute Gasteiger partial charge is 0.392 e. The van der Waals surface area contributed by atoms with Gasteiger partial charge in [0.2, 0.25) is 0 Å². The number of rotatable bonds is 1. The average Bonchev–Trinajstić information content (AvgIpc) is 2.16. The van der Waals surface area contributed by atoms with E-state index in [1.807, 2.05) is 24.3 Å². The SMILES string of the molecule is [B]c1cnc2ccc(CO)cc2c1. The Bertz CT molecular complexity index is 442. The minimum absolute atomic E-state index is 0.0464. The van der Waals surface area contributed by atoms with E-state index in [2.05, 4.69) is 4.98 Å². The third kappa shape index (κ3) is 1.56. The van der Waals surface area contributed by atoms with Gasteiger partial charge < -0.3 is 5.11 Å². The van der Waals surface area contributed by atoms with Crippen LogP contribution in [0.15, 0.2) is 30.5 Å². The van der Waals surface area contributed by atoms with Crippen molar-refractivity contribution in [2.24, 2.45) is 0 Å². The van der Waals surface area contributed by atoms with Crippen LogP contribution < -0.4 is 5.46 Å². The molecule has 1 heterocycles. The Morgan fingerprint density at radius 3 is 2.92 bits per heavy atom. The molecule has 2 rings (SSSR count). The molecule has 0 saturated carbocycles. The lowest BCUT2D eigenvalue weighted by atomic mass is 9.96. The molecule has 13 heavy (non-hydrogen) atoms. The second kappa shape index (κ2) is 3.19. The Hall–Kier alpha value is -1.35. The summed E-state index contributed by atoms with van der Waals surface area (Å²) in [5, 5.41) is 9.88. The van der Waals surface area contributed by atoms with Crippen LogP contribution in [0.5, 0.6) is 0 Å². The van der Waals surface area contributed by atoms with Gasteiger partial charge in [0.15, 0.2) is 0 Å². The van der Waals surface area contributed by atoms with Crippen molar-refractivity contribution in [1.29, 1.82) is 0 Å². The Kier molecular flexibility index (Phi) is 2.03. The zero-order valence-corrected chi connectivity index (χ0v) is 7.07. The summed E-state index contributed by atoms with van der Waals surface area (Å²) in [6.45, 7) is 0.0464. The number of hydrogen-bond acceptors (Lipinski definition) is 2. The number of aromatic nitrogens is 1. The van der Waals surface area contributed by atoms with Crippen molar-refractivity contribution in [2.75, 3.05) is 0 Å². The van der Waals surface area contributed by atoms with E-state index in [1.165, 1.54) is 0 Å². The second-order valence-corrected chi connectivity index (χ2v) is 2.95. The van der Waals surface area contributed by atoms with E-state index in [0.29, 0.717) is 5.46 Å². The highest BCUT2D eigenvalue weighted by atomic mass is 16.3. The molecule has 1 N–H and O–H groups in total. The number of fused-ring (bicyclic) bond motifs is 1. The van der Waals surface area contributed by atoms with Crippen LogP contribution in [0.4, 0.5) is 0 Å². The van der Waals surface area contributed by atoms with Gasteiger partial charge in [-0.15, -0.1) is 0 Å². The summed E-state index contributed by atoms with van der Waals surface area (Å²) in [7, 11) is 5.59. The Morgan fingerprint density at radius 1 is 1.31 bits per heavy atom. The summed E-state index contributed by atoms with van der Waals surface area (Å²) in [6, 6.07) is 7.46. The van der Waals surface area contributed by atoms with E-state index in [1.54, 1.807) is 6.20 Å². The van der Waals surface area contributed by atoms with Gasteiger partial charge in [-0.25, -0.2) is 0 Å². The van der Waals surface area contributed by atoms with Crippen LogP contribution in [0.2, 0.25) is 0 Å². The van der Waals surface area contributed by atoms with Gasteiger partial charge in [0.1, 0.15) is 7.85 Å². The summed E-state index contributed by atoms with van der Waals surface area (Å²) in [4.78, 5) is 4.15. The van der Waals surface area contributed by atoms with Crippen molar-refractivity contribution in [2.45, 2.75) is 6.61 Å². The monoisotopic (exact) mass is 169 g/mol. The fourth-order valence-corrected chi connectivity index (χ4v) is 1.30. The highest BCUT2D eigenvalue weighted by Crippen LogP contribution is 2.11. The fraction of sp³-hybridized carbons (Fsp3) is 0.100. The molecule has 1 aromatic carbocycles. The predicted molar refractivity (Wildman–Crippen MR) is 53.1 cm³/mol. The first-order valence-electron chi connectivity index (χ1n) is 4.04. The number of benzene rings is 1. The molecule has 0 bridgehead atoms. The van der Waals surface area contributed by atoms with Crippen LogP contribution in [-0.4, -0.2) is 17.9 Å². The maximum atomic E-state index is 8.91. The van der Waals surface area contributed by atoms with Gasteiger partial charge in [0.25, 0.3) is 0 Å². The third-order valence-electron chi connectivity index (χ3n) is 1.95. The Morgan fingerprint density at radius 2 is 2.15 bits per heavy atom. The van der Waals surface area contributed by atoms with Crippen LogP contribution in [-0.2, 0) is 6.61 Å². The zero-order chi connectivity index (χ0) is 9.26. The number of aliphatic hydroxyl groups is 1. The highest BCUT2D eigenvalue weighted by Gasteiger charge is 1.96. The van der Waals surface area contributed by atoms with Crippen molar-refractivity contribution in [3.63, 3.8) is 0 Å². The standard InChI is InChI=1S/C10H8BNO/c11-9-4-8-3-7(6-13)1-2-10(8)12-5-9/h1-5,13H,6H2. The third-order valence-corrected chi connectivity index (χ3v) is 1.95. The number of nitrogens with zero attached hydrogens (tertiary/aromatic N) is 1. The molecule has 0 atom stereocenters.